The Hall–Kier alpha value is -4.36. The average molecular weight is 989 g/mol. The van der Waals surface area contributed by atoms with Gasteiger partial charge in [-0.3, -0.25) is 20.2 Å². The van der Waals surface area contributed by atoms with E-state index in [1.807, 2.05) is 24.3 Å². The first-order valence-electron chi connectivity index (χ1n) is 23.5. The molecule has 64 heavy (non-hydrogen) atoms. The fraction of sp³-hybridized carbons (Fsp3) is 0.462. The van der Waals surface area contributed by atoms with Crippen molar-refractivity contribution in [1.82, 2.24) is 0 Å². The first kappa shape index (κ1) is 42.3. The van der Waals surface area contributed by atoms with Crippen molar-refractivity contribution in [3.05, 3.63) is 163 Å². The molecule has 332 valence electrons. The standard InChI is InChI=1S/C52H56N6O4.2BrH/c1-3-35-31-57(29-33-13-17-37(18-14-33)55(59)60)23-21-51-43-9-5-8-12-46(43)54-28-42-40-26-48-52(22-24-58(48,32-36(40)4-2)30-34-15-19-38(20-16-34)56(61)62)44-10-6-7-11-45(44)53(50(42)52)27-41(49(51)54)39(35)25-47(51)57;;/h5-20,27-28,35-36,39-40,47-50H,3-4,21-26,29-32H2,1-2H3;2*1H/q+2;;/p-2/b41-27-,42-28-;;/t35-,36-,39+,40+,47+,48+,49+,50+,51-,52-,57?,58?;;/m1../s1. The number of anilines is 2. The molecule has 0 radical (unpaired) electrons. The van der Waals surface area contributed by atoms with E-state index in [-0.39, 0.29) is 78.1 Å². The van der Waals surface area contributed by atoms with Gasteiger partial charge in [0.2, 0.25) is 0 Å². The van der Waals surface area contributed by atoms with Crippen molar-refractivity contribution in [3.8, 4) is 0 Å². The number of nitro benzene ring substituents is 2. The molecule has 0 aromatic heterocycles. The Labute approximate surface area is 396 Å². The molecule has 9 aliphatic rings. The first-order valence-corrected chi connectivity index (χ1v) is 23.5. The Morgan fingerprint density at radius 1 is 0.594 bits per heavy atom. The van der Waals surface area contributed by atoms with Crippen LogP contribution in [0.3, 0.4) is 0 Å². The van der Waals surface area contributed by atoms with Gasteiger partial charge in [-0.25, -0.2) is 0 Å². The molecule has 4 aromatic carbocycles. The van der Waals surface area contributed by atoms with Gasteiger partial charge in [-0.05, 0) is 83.3 Å². The summed E-state index contributed by atoms with van der Waals surface area (Å²) in [5, 5.41) is 23.3. The number of halogens is 2. The minimum atomic E-state index is -0.278. The molecule has 2 spiro atoms. The Morgan fingerprint density at radius 3 is 1.36 bits per heavy atom. The molecule has 7 aliphatic heterocycles. The molecule has 2 unspecified atom stereocenters. The zero-order valence-corrected chi connectivity index (χ0v) is 39.7. The summed E-state index contributed by atoms with van der Waals surface area (Å²) in [6, 6.07) is 35.3. The number of fused-ring (bicyclic) bond motifs is 8. The maximum atomic E-state index is 11.6. The number of benzene rings is 4. The Kier molecular flexibility index (Phi) is 9.63. The molecule has 0 amide bonds. The van der Waals surface area contributed by atoms with Crippen LogP contribution in [-0.2, 0) is 23.9 Å². The zero-order valence-electron chi connectivity index (χ0n) is 36.6. The Balaban J connectivity index is 0.00000228. The lowest BCUT2D eigenvalue weighted by atomic mass is 9.54. The second-order valence-electron chi connectivity index (χ2n) is 21.0. The van der Waals surface area contributed by atoms with E-state index in [9.17, 15) is 20.2 Å². The van der Waals surface area contributed by atoms with Crippen LogP contribution >= 0.6 is 0 Å². The number of para-hydroxylation sites is 2. The summed E-state index contributed by atoms with van der Waals surface area (Å²) < 4.78 is 2.15. The van der Waals surface area contributed by atoms with Gasteiger partial charge in [-0.1, -0.05) is 50.2 Å². The van der Waals surface area contributed by atoms with Crippen LogP contribution in [0.25, 0.3) is 0 Å². The normalized spacial score (nSPS) is 38.7. The highest BCUT2D eigenvalue weighted by molar-refractivity contribution is 5.76. The maximum Gasteiger partial charge on any atom is 0.269 e. The molecule has 4 aromatic rings. The van der Waals surface area contributed by atoms with Crippen molar-refractivity contribution < 1.29 is 52.8 Å². The van der Waals surface area contributed by atoms with Gasteiger partial charge >= 0.3 is 0 Å². The quantitative estimate of drug-likeness (QED) is 0.153. The van der Waals surface area contributed by atoms with Crippen LogP contribution in [0.15, 0.2) is 121 Å². The van der Waals surface area contributed by atoms with Crippen molar-refractivity contribution in [2.45, 2.75) is 100 Å². The summed E-state index contributed by atoms with van der Waals surface area (Å²) in [4.78, 5) is 28.4. The number of hydrogen-bond donors (Lipinski definition) is 0. The third-order valence-corrected chi connectivity index (χ3v) is 19.0. The van der Waals surface area contributed by atoms with E-state index >= 15 is 0 Å². The first-order chi connectivity index (χ1) is 30.1. The molecular formula is C52H56Br2N6O4. The number of non-ortho nitro benzene ring substituents is 2. The van der Waals surface area contributed by atoms with Crippen molar-refractivity contribution in [3.63, 3.8) is 0 Å². The van der Waals surface area contributed by atoms with Crippen molar-refractivity contribution in [2.24, 2.45) is 23.7 Å². The second-order valence-corrected chi connectivity index (χ2v) is 21.0. The predicted molar refractivity (Wildman–Crippen MR) is 239 cm³/mol. The molecule has 2 saturated carbocycles. The lowest BCUT2D eigenvalue weighted by Crippen LogP contribution is -3.00. The molecule has 6 fully saturated rings. The second kappa shape index (κ2) is 14.6. The van der Waals surface area contributed by atoms with Crippen LogP contribution in [0, 0.1) is 43.9 Å². The van der Waals surface area contributed by atoms with Gasteiger partial charge in [-0.2, -0.15) is 0 Å². The molecule has 13 rings (SSSR count). The lowest BCUT2D eigenvalue weighted by molar-refractivity contribution is -0.964. The van der Waals surface area contributed by atoms with Crippen molar-refractivity contribution in [2.75, 3.05) is 36.0 Å². The van der Waals surface area contributed by atoms with E-state index < -0.39 is 0 Å². The highest BCUT2D eigenvalue weighted by Crippen LogP contribution is 2.70. The van der Waals surface area contributed by atoms with Gasteiger partial charge in [0.25, 0.3) is 11.4 Å². The fourth-order valence-electron chi connectivity index (χ4n) is 16.9. The van der Waals surface area contributed by atoms with E-state index in [4.69, 9.17) is 0 Å². The highest BCUT2D eigenvalue weighted by atomic mass is 79.9. The molecule has 12 heteroatoms. The minimum Gasteiger partial charge on any atom is -1.00 e. The topological polar surface area (TPSA) is 92.8 Å². The molecule has 0 N–H and O–H groups in total. The molecule has 2 aliphatic carbocycles. The molecule has 12 atom stereocenters. The van der Waals surface area contributed by atoms with Crippen LogP contribution in [0.2, 0.25) is 0 Å². The molecular weight excluding hydrogens is 932 g/mol. The van der Waals surface area contributed by atoms with Crippen LogP contribution in [-0.4, -0.2) is 69.2 Å². The average Bonchev–Trinajstić information content (AvgIpc) is 3.98. The number of nitro groups is 2. The van der Waals surface area contributed by atoms with E-state index in [1.165, 1.54) is 46.5 Å². The summed E-state index contributed by atoms with van der Waals surface area (Å²) in [6.45, 7) is 11.2. The van der Waals surface area contributed by atoms with Crippen LogP contribution < -0.4 is 43.8 Å². The summed E-state index contributed by atoms with van der Waals surface area (Å²) in [5.41, 5.74) is 11.9. The van der Waals surface area contributed by atoms with E-state index in [2.05, 4.69) is 84.6 Å². The third kappa shape index (κ3) is 5.25. The lowest BCUT2D eigenvalue weighted by Gasteiger charge is -2.60. The molecule has 4 bridgehead atoms. The van der Waals surface area contributed by atoms with Crippen LogP contribution in [0.1, 0.15) is 74.6 Å². The van der Waals surface area contributed by atoms with Gasteiger partial charge < -0.3 is 52.7 Å². The van der Waals surface area contributed by atoms with Gasteiger partial charge in [-0.15, -0.1) is 0 Å². The minimum absolute atomic E-state index is 0. The summed E-state index contributed by atoms with van der Waals surface area (Å²) in [6.07, 6.45) is 12.4. The Bertz CT molecular complexity index is 2480. The van der Waals surface area contributed by atoms with E-state index in [0.29, 0.717) is 35.8 Å². The maximum absolute atomic E-state index is 11.6. The number of piperidine rings is 2. The molecule has 4 saturated heterocycles. The number of rotatable bonds is 8. The van der Waals surface area contributed by atoms with Crippen LogP contribution in [0.4, 0.5) is 22.7 Å². The van der Waals surface area contributed by atoms with E-state index in [0.717, 1.165) is 73.9 Å². The highest BCUT2D eigenvalue weighted by Gasteiger charge is 2.76. The fourth-order valence-corrected chi connectivity index (χ4v) is 16.9. The third-order valence-electron chi connectivity index (χ3n) is 19.0. The van der Waals surface area contributed by atoms with Gasteiger partial charge in [0.05, 0.1) is 58.9 Å². The molecule has 10 nitrogen and oxygen atoms in total. The summed E-state index contributed by atoms with van der Waals surface area (Å²) >= 11 is 0. The molecule has 7 heterocycles. The number of quaternary nitrogens is 2. The number of nitrogens with zero attached hydrogens (tertiary/aromatic N) is 6. The van der Waals surface area contributed by atoms with Crippen molar-refractivity contribution >= 4 is 22.7 Å². The largest absolute Gasteiger partial charge is 1.00 e. The smallest absolute Gasteiger partial charge is 0.269 e. The number of hydrogen-bond acceptors (Lipinski definition) is 6. The summed E-state index contributed by atoms with van der Waals surface area (Å²) in [5.74, 6) is 2.04. The van der Waals surface area contributed by atoms with Gasteiger partial charge in [0, 0.05) is 96.7 Å². The van der Waals surface area contributed by atoms with E-state index in [1.54, 1.807) is 35.4 Å². The Morgan fingerprint density at radius 2 is 0.984 bits per heavy atom. The van der Waals surface area contributed by atoms with Gasteiger partial charge in [0.15, 0.2) is 0 Å². The van der Waals surface area contributed by atoms with Gasteiger partial charge in [0.1, 0.15) is 25.2 Å². The van der Waals surface area contributed by atoms with Crippen molar-refractivity contribution in [1.29, 1.82) is 0 Å². The monoisotopic (exact) mass is 986 g/mol. The SMILES string of the molecule is CC[C@@H]1C[N+]2(Cc3ccc([N+](=O)[O-])cc3)CC[C@@]34c5ccccc5N5/C=C6/[C@H]7C[C@H]8[C@@]9(CC[N+]8(Cc8ccc([N+](=O)[O-])cc8)C[C@H]7CC)c7ccccc7N(/C=C(/[C@H]1C[C@@H]32)[C@H]54)[C@@H]69.[Br-].[Br-]. The predicted octanol–water partition coefficient (Wildman–Crippen LogP) is 3.54. The van der Waals surface area contributed by atoms with Crippen LogP contribution in [0.5, 0.6) is 0 Å². The zero-order chi connectivity index (χ0) is 41.9. The summed E-state index contributed by atoms with van der Waals surface area (Å²) in [7, 11) is 0.